The SMILES string of the molecule is COc1ccc(CN(C(=O)CN(C)c2ccc(C#N)cn2)[C@H]2CCCC[C@H]2C)cc1OC. The first-order chi connectivity index (χ1) is 15.5. The number of hydrogen-bond donors (Lipinski definition) is 0. The van der Waals surface area contributed by atoms with Crippen LogP contribution in [0.2, 0.25) is 0 Å². The number of pyridine rings is 1. The lowest BCUT2D eigenvalue weighted by atomic mass is 9.84. The van der Waals surface area contributed by atoms with Crippen LogP contribution < -0.4 is 14.4 Å². The van der Waals surface area contributed by atoms with Gasteiger partial charge in [0.15, 0.2) is 11.5 Å². The number of methoxy groups -OCH3 is 2. The summed E-state index contributed by atoms with van der Waals surface area (Å²) >= 11 is 0. The Morgan fingerprint density at radius 2 is 1.91 bits per heavy atom. The van der Waals surface area contributed by atoms with Crippen molar-refractivity contribution in [2.45, 2.75) is 45.2 Å². The van der Waals surface area contributed by atoms with E-state index < -0.39 is 0 Å². The molecule has 7 nitrogen and oxygen atoms in total. The van der Waals surface area contributed by atoms with Crippen LogP contribution in [0, 0.1) is 17.2 Å². The lowest BCUT2D eigenvalue weighted by Gasteiger charge is -2.39. The molecule has 1 saturated carbocycles. The summed E-state index contributed by atoms with van der Waals surface area (Å²) in [4.78, 5) is 21.7. The van der Waals surface area contributed by atoms with Crippen LogP contribution in [-0.4, -0.2) is 49.6 Å². The number of aromatic nitrogens is 1. The highest BCUT2D eigenvalue weighted by molar-refractivity contribution is 5.81. The van der Waals surface area contributed by atoms with E-state index in [0.29, 0.717) is 35.3 Å². The van der Waals surface area contributed by atoms with Crippen LogP contribution in [0.4, 0.5) is 5.82 Å². The number of anilines is 1. The first-order valence-electron chi connectivity index (χ1n) is 11.0. The number of carbonyl (C=O) groups excluding carboxylic acids is 1. The van der Waals surface area contributed by atoms with Gasteiger partial charge in [0.1, 0.15) is 11.9 Å². The fourth-order valence-electron chi connectivity index (χ4n) is 4.38. The van der Waals surface area contributed by atoms with E-state index in [0.717, 1.165) is 24.8 Å². The first-order valence-corrected chi connectivity index (χ1v) is 11.0. The molecule has 0 aliphatic heterocycles. The van der Waals surface area contributed by atoms with Crippen LogP contribution in [-0.2, 0) is 11.3 Å². The molecule has 0 spiro atoms. The minimum atomic E-state index is 0.0622. The highest BCUT2D eigenvalue weighted by Gasteiger charge is 2.31. The zero-order valence-electron chi connectivity index (χ0n) is 19.4. The number of carbonyl (C=O) groups is 1. The van der Waals surface area contributed by atoms with Gasteiger partial charge in [-0.15, -0.1) is 0 Å². The Labute approximate surface area is 190 Å². The predicted octanol–water partition coefficient (Wildman–Crippen LogP) is 4.01. The third-order valence-corrected chi connectivity index (χ3v) is 6.23. The van der Waals surface area contributed by atoms with Crippen molar-refractivity contribution in [2.24, 2.45) is 5.92 Å². The number of likely N-dealkylation sites (N-methyl/N-ethyl adjacent to an activating group) is 1. The summed E-state index contributed by atoms with van der Waals surface area (Å²) in [5.74, 6) is 2.51. The molecule has 1 aliphatic carbocycles. The largest absolute Gasteiger partial charge is 0.493 e. The zero-order chi connectivity index (χ0) is 23.1. The van der Waals surface area contributed by atoms with Gasteiger partial charge in [-0.3, -0.25) is 4.79 Å². The maximum absolute atomic E-state index is 13.5. The molecule has 3 rings (SSSR count). The lowest BCUT2D eigenvalue weighted by Crippen LogP contribution is -2.48. The molecule has 1 aromatic heterocycles. The molecular weight excluding hydrogens is 404 g/mol. The van der Waals surface area contributed by atoms with Gasteiger partial charge in [-0.1, -0.05) is 25.8 Å². The maximum Gasteiger partial charge on any atom is 0.242 e. The quantitative estimate of drug-likeness (QED) is 0.622. The summed E-state index contributed by atoms with van der Waals surface area (Å²) in [5, 5.41) is 8.98. The molecule has 2 aromatic rings. The van der Waals surface area contributed by atoms with Crippen LogP contribution in [0.25, 0.3) is 0 Å². The van der Waals surface area contributed by atoms with Crippen molar-refractivity contribution in [1.29, 1.82) is 5.26 Å². The fraction of sp³-hybridized carbons (Fsp3) is 0.480. The molecule has 170 valence electrons. The second-order valence-corrected chi connectivity index (χ2v) is 8.41. The number of nitrogens with zero attached hydrogens (tertiary/aromatic N) is 4. The number of benzene rings is 1. The van der Waals surface area contributed by atoms with Crippen molar-refractivity contribution >= 4 is 11.7 Å². The van der Waals surface area contributed by atoms with Gasteiger partial charge in [-0.05, 0) is 48.6 Å². The summed E-state index contributed by atoms with van der Waals surface area (Å²) in [6.07, 6.45) is 6.02. The highest BCUT2D eigenvalue weighted by atomic mass is 16.5. The van der Waals surface area contributed by atoms with Crippen molar-refractivity contribution in [3.8, 4) is 17.6 Å². The van der Waals surface area contributed by atoms with Crippen LogP contribution in [0.1, 0.15) is 43.7 Å². The van der Waals surface area contributed by atoms with Gasteiger partial charge in [0.2, 0.25) is 5.91 Å². The molecule has 2 atom stereocenters. The van der Waals surface area contributed by atoms with Gasteiger partial charge in [-0.25, -0.2) is 4.98 Å². The van der Waals surface area contributed by atoms with Crippen molar-refractivity contribution in [3.63, 3.8) is 0 Å². The van der Waals surface area contributed by atoms with E-state index in [1.807, 2.05) is 35.0 Å². The van der Waals surface area contributed by atoms with Crippen molar-refractivity contribution < 1.29 is 14.3 Å². The smallest absolute Gasteiger partial charge is 0.242 e. The molecule has 0 unspecified atom stereocenters. The monoisotopic (exact) mass is 436 g/mol. The standard InChI is InChI=1S/C25H32N4O3/c1-18-7-5-6-8-21(18)29(16-19-9-11-22(31-3)23(13-19)32-4)25(30)17-28(2)24-12-10-20(14-26)15-27-24/h9-13,15,18,21H,5-8,16-17H2,1-4H3/t18-,21+/m1/s1. The topological polar surface area (TPSA) is 78.7 Å². The Hall–Kier alpha value is -3.27. The summed E-state index contributed by atoms with van der Waals surface area (Å²) in [6, 6.07) is 11.6. The average molecular weight is 437 g/mol. The van der Waals surface area contributed by atoms with Crippen LogP contribution in [0.3, 0.4) is 0 Å². The predicted molar refractivity (Wildman–Crippen MR) is 124 cm³/mol. The van der Waals surface area contributed by atoms with Gasteiger partial charge in [0.25, 0.3) is 0 Å². The summed E-state index contributed by atoms with van der Waals surface area (Å²) in [7, 11) is 5.09. The Kier molecular flexibility index (Phi) is 7.93. The molecule has 1 aromatic carbocycles. The highest BCUT2D eigenvalue weighted by Crippen LogP contribution is 2.32. The molecule has 0 radical (unpaired) electrons. The second-order valence-electron chi connectivity index (χ2n) is 8.41. The van der Waals surface area contributed by atoms with E-state index in [1.54, 1.807) is 26.4 Å². The summed E-state index contributed by atoms with van der Waals surface area (Å²) < 4.78 is 10.8. The van der Waals surface area contributed by atoms with Crippen molar-refractivity contribution in [1.82, 2.24) is 9.88 Å². The normalized spacial score (nSPS) is 17.8. The van der Waals surface area contributed by atoms with Gasteiger partial charge in [0, 0.05) is 25.8 Å². The van der Waals surface area contributed by atoms with E-state index in [4.69, 9.17) is 14.7 Å². The Morgan fingerprint density at radius 1 is 1.16 bits per heavy atom. The average Bonchev–Trinajstić information content (AvgIpc) is 2.82. The van der Waals surface area contributed by atoms with Gasteiger partial charge < -0.3 is 19.3 Å². The first kappa shape index (κ1) is 23.4. The molecule has 0 bridgehead atoms. The second kappa shape index (κ2) is 10.9. The molecule has 1 amide bonds. The van der Waals surface area contributed by atoms with Crippen LogP contribution in [0.5, 0.6) is 11.5 Å². The third kappa shape index (κ3) is 5.50. The van der Waals surface area contributed by atoms with Crippen LogP contribution in [0.15, 0.2) is 36.5 Å². The number of hydrogen-bond acceptors (Lipinski definition) is 6. The van der Waals surface area contributed by atoms with Crippen LogP contribution >= 0.6 is 0 Å². The number of amides is 1. The maximum atomic E-state index is 13.5. The minimum absolute atomic E-state index is 0.0622. The molecule has 1 fully saturated rings. The van der Waals surface area contributed by atoms with Gasteiger partial charge in [0.05, 0.1) is 26.3 Å². The third-order valence-electron chi connectivity index (χ3n) is 6.23. The zero-order valence-corrected chi connectivity index (χ0v) is 19.4. The van der Waals surface area contributed by atoms with Gasteiger partial charge in [-0.2, -0.15) is 5.26 Å². The number of ether oxygens (including phenoxy) is 2. The number of nitriles is 1. The lowest BCUT2D eigenvalue weighted by molar-refractivity contribution is -0.134. The molecule has 7 heteroatoms. The van der Waals surface area contributed by atoms with E-state index in [-0.39, 0.29) is 18.5 Å². The molecule has 32 heavy (non-hydrogen) atoms. The molecular formula is C25H32N4O3. The number of rotatable bonds is 8. The van der Waals surface area contributed by atoms with E-state index >= 15 is 0 Å². The van der Waals surface area contributed by atoms with E-state index in [2.05, 4.69) is 18.0 Å². The minimum Gasteiger partial charge on any atom is -0.493 e. The van der Waals surface area contributed by atoms with Crippen molar-refractivity contribution in [2.75, 3.05) is 32.7 Å². The van der Waals surface area contributed by atoms with Crippen molar-refractivity contribution in [3.05, 3.63) is 47.7 Å². The Bertz CT molecular complexity index is 955. The summed E-state index contributed by atoms with van der Waals surface area (Å²) in [5.41, 5.74) is 1.51. The fourth-order valence-corrected chi connectivity index (χ4v) is 4.38. The van der Waals surface area contributed by atoms with E-state index in [9.17, 15) is 4.79 Å². The molecule has 0 N–H and O–H groups in total. The molecule has 0 saturated heterocycles. The summed E-state index contributed by atoms with van der Waals surface area (Å²) in [6.45, 7) is 2.98. The Balaban J connectivity index is 1.81. The van der Waals surface area contributed by atoms with Gasteiger partial charge >= 0.3 is 0 Å². The molecule has 1 aliphatic rings. The Morgan fingerprint density at radius 3 is 2.53 bits per heavy atom. The molecule has 1 heterocycles. The van der Waals surface area contributed by atoms with E-state index in [1.165, 1.54) is 12.6 Å².